The molecule has 10 heteroatoms. The van der Waals surface area contributed by atoms with Gasteiger partial charge in [0.05, 0.1) is 13.2 Å². The maximum Gasteiger partial charge on any atom is 0.320 e. The second kappa shape index (κ2) is 9.14. The van der Waals surface area contributed by atoms with E-state index in [4.69, 9.17) is 9.72 Å². The van der Waals surface area contributed by atoms with Gasteiger partial charge in [-0.3, -0.25) is 9.69 Å². The molecule has 1 N–H and O–H groups in total. The molecule has 0 radical (unpaired) electrons. The van der Waals surface area contributed by atoms with Gasteiger partial charge in [0.2, 0.25) is 17.8 Å². The Kier molecular flexibility index (Phi) is 6.62. The molecule has 3 rings (SSSR count). The van der Waals surface area contributed by atoms with Gasteiger partial charge < -0.3 is 24.8 Å². The van der Waals surface area contributed by atoms with Gasteiger partial charge in [0.15, 0.2) is 0 Å². The number of likely N-dealkylation sites (N-methyl/N-ethyl adjacent to an activating group) is 1. The highest BCUT2D eigenvalue weighted by molar-refractivity contribution is 5.71. The third-order valence-electron chi connectivity index (χ3n) is 4.93. The highest BCUT2D eigenvalue weighted by Gasteiger charge is 2.24. The summed E-state index contributed by atoms with van der Waals surface area (Å²) in [6.45, 7) is 9.53. The Bertz CT molecular complexity index is 627. The van der Waals surface area contributed by atoms with Gasteiger partial charge >= 0.3 is 5.97 Å². The number of piperazine rings is 2. The van der Waals surface area contributed by atoms with Crippen LogP contribution in [0.3, 0.4) is 0 Å². The van der Waals surface area contributed by atoms with Crippen LogP contribution >= 0.6 is 0 Å². The van der Waals surface area contributed by atoms with Crippen molar-refractivity contribution in [3.05, 3.63) is 0 Å². The van der Waals surface area contributed by atoms with Crippen molar-refractivity contribution in [1.82, 2.24) is 24.8 Å². The van der Waals surface area contributed by atoms with Crippen LogP contribution in [0.25, 0.3) is 0 Å². The maximum absolute atomic E-state index is 11.7. The molecule has 2 saturated heterocycles. The van der Waals surface area contributed by atoms with Crippen LogP contribution < -0.4 is 15.1 Å². The van der Waals surface area contributed by atoms with E-state index in [2.05, 4.69) is 41.9 Å². The lowest BCUT2D eigenvalue weighted by atomic mass is 10.3. The number of esters is 1. The molecule has 0 bridgehead atoms. The van der Waals surface area contributed by atoms with E-state index in [1.807, 2.05) is 14.0 Å². The van der Waals surface area contributed by atoms with Crippen LogP contribution in [0.2, 0.25) is 0 Å². The van der Waals surface area contributed by atoms with Gasteiger partial charge in [0.1, 0.15) is 0 Å². The van der Waals surface area contributed by atoms with Crippen LogP contribution in [-0.2, 0) is 9.53 Å². The molecule has 10 nitrogen and oxygen atoms in total. The zero-order chi connectivity index (χ0) is 19.2. The third kappa shape index (κ3) is 5.16. The molecule has 1 aromatic heterocycles. The first-order chi connectivity index (χ1) is 13.1. The van der Waals surface area contributed by atoms with E-state index in [0.29, 0.717) is 25.0 Å². The second-order valence-electron chi connectivity index (χ2n) is 6.87. The fraction of sp³-hybridized carbons (Fsp3) is 0.765. The second-order valence-corrected chi connectivity index (χ2v) is 6.87. The van der Waals surface area contributed by atoms with Gasteiger partial charge in [-0.2, -0.15) is 15.0 Å². The quantitative estimate of drug-likeness (QED) is 0.644. The minimum atomic E-state index is -0.166. The van der Waals surface area contributed by atoms with Crippen LogP contribution in [0.5, 0.6) is 0 Å². The van der Waals surface area contributed by atoms with Crippen molar-refractivity contribution in [3.8, 4) is 0 Å². The predicted octanol–water partition coefficient (Wildman–Crippen LogP) is -0.650. The summed E-state index contributed by atoms with van der Waals surface area (Å²) in [7, 11) is 3.95. The topological polar surface area (TPSA) is 90.0 Å². The molecule has 150 valence electrons. The van der Waals surface area contributed by atoms with Crippen LogP contribution in [-0.4, -0.2) is 110 Å². The summed E-state index contributed by atoms with van der Waals surface area (Å²) in [4.78, 5) is 34.3. The standard InChI is InChI=1S/C17H30N8O2/c1-4-27-14(26)13-23-7-11-25(12-8-23)17-20-15(18-2)19-16(21-17)24-9-5-22(3)6-10-24/h4-13H2,1-3H3,(H,18,19,20,21). The van der Waals surface area contributed by atoms with E-state index in [9.17, 15) is 4.79 Å². The van der Waals surface area contributed by atoms with E-state index < -0.39 is 0 Å². The first-order valence-corrected chi connectivity index (χ1v) is 9.59. The van der Waals surface area contributed by atoms with Crippen molar-refractivity contribution >= 4 is 23.8 Å². The minimum absolute atomic E-state index is 0.166. The number of hydrogen-bond donors (Lipinski definition) is 1. The zero-order valence-corrected chi connectivity index (χ0v) is 16.5. The smallest absolute Gasteiger partial charge is 0.320 e. The van der Waals surface area contributed by atoms with Crippen molar-refractivity contribution in [2.45, 2.75) is 6.92 Å². The molecule has 2 aliphatic rings. The normalized spacial score (nSPS) is 19.2. The number of aromatic nitrogens is 3. The average molecular weight is 378 g/mol. The lowest BCUT2D eigenvalue weighted by molar-refractivity contribution is -0.144. The third-order valence-corrected chi connectivity index (χ3v) is 4.93. The van der Waals surface area contributed by atoms with E-state index >= 15 is 0 Å². The van der Waals surface area contributed by atoms with Gasteiger partial charge in [-0.05, 0) is 14.0 Å². The van der Waals surface area contributed by atoms with E-state index in [0.717, 1.165) is 58.3 Å². The molecule has 0 amide bonds. The van der Waals surface area contributed by atoms with Crippen LogP contribution in [0.4, 0.5) is 17.8 Å². The van der Waals surface area contributed by atoms with Crippen LogP contribution in [0, 0.1) is 0 Å². The zero-order valence-electron chi connectivity index (χ0n) is 16.5. The molecule has 1 aromatic rings. The van der Waals surface area contributed by atoms with Crippen LogP contribution in [0.1, 0.15) is 6.92 Å². The first-order valence-electron chi connectivity index (χ1n) is 9.59. The Morgan fingerprint density at radius 3 is 2.04 bits per heavy atom. The Balaban J connectivity index is 1.64. The van der Waals surface area contributed by atoms with Crippen molar-refractivity contribution in [2.75, 3.05) is 94.7 Å². The van der Waals surface area contributed by atoms with Crippen LogP contribution in [0.15, 0.2) is 0 Å². The number of nitrogens with one attached hydrogen (secondary N) is 1. The largest absolute Gasteiger partial charge is 0.465 e. The lowest BCUT2D eigenvalue weighted by Gasteiger charge is -2.35. The van der Waals surface area contributed by atoms with Crippen molar-refractivity contribution < 1.29 is 9.53 Å². The molecule has 2 fully saturated rings. The molecular weight excluding hydrogens is 348 g/mol. The minimum Gasteiger partial charge on any atom is -0.465 e. The predicted molar refractivity (Wildman–Crippen MR) is 104 cm³/mol. The average Bonchev–Trinajstić information content (AvgIpc) is 2.69. The number of hydrogen-bond acceptors (Lipinski definition) is 10. The van der Waals surface area contributed by atoms with Crippen molar-refractivity contribution in [2.24, 2.45) is 0 Å². The summed E-state index contributed by atoms with van der Waals surface area (Å²) in [6.07, 6.45) is 0. The van der Waals surface area contributed by atoms with E-state index in [-0.39, 0.29) is 5.97 Å². The highest BCUT2D eigenvalue weighted by atomic mass is 16.5. The highest BCUT2D eigenvalue weighted by Crippen LogP contribution is 2.19. The number of carbonyl (C=O) groups is 1. The molecular formula is C17H30N8O2. The fourth-order valence-corrected chi connectivity index (χ4v) is 3.25. The molecule has 0 spiro atoms. The Hall–Kier alpha value is -2.20. The van der Waals surface area contributed by atoms with E-state index in [1.165, 1.54) is 0 Å². The number of ether oxygens (including phenoxy) is 1. The molecule has 0 aromatic carbocycles. The summed E-state index contributed by atoms with van der Waals surface area (Å²) >= 11 is 0. The maximum atomic E-state index is 11.7. The van der Waals surface area contributed by atoms with Gasteiger partial charge in [-0.1, -0.05) is 0 Å². The summed E-state index contributed by atoms with van der Waals surface area (Å²) in [5, 5.41) is 3.05. The Morgan fingerprint density at radius 1 is 0.963 bits per heavy atom. The summed E-state index contributed by atoms with van der Waals surface area (Å²) in [5.41, 5.74) is 0. The molecule has 0 saturated carbocycles. The van der Waals surface area contributed by atoms with E-state index in [1.54, 1.807) is 0 Å². The number of carbonyl (C=O) groups excluding carboxylic acids is 1. The molecule has 0 atom stereocenters. The molecule has 2 aliphatic heterocycles. The van der Waals surface area contributed by atoms with Gasteiger partial charge in [-0.15, -0.1) is 0 Å². The van der Waals surface area contributed by atoms with Crippen molar-refractivity contribution in [1.29, 1.82) is 0 Å². The summed E-state index contributed by atoms with van der Waals surface area (Å²) in [6, 6.07) is 0. The summed E-state index contributed by atoms with van der Waals surface area (Å²) in [5.74, 6) is 1.84. The summed E-state index contributed by atoms with van der Waals surface area (Å²) < 4.78 is 5.03. The Labute approximate surface area is 160 Å². The molecule has 3 heterocycles. The SMILES string of the molecule is CCOC(=O)CN1CCN(c2nc(NC)nc(N3CCN(C)CC3)n2)CC1. The fourth-order valence-electron chi connectivity index (χ4n) is 3.25. The number of nitrogens with zero attached hydrogens (tertiary/aromatic N) is 7. The molecule has 27 heavy (non-hydrogen) atoms. The monoisotopic (exact) mass is 378 g/mol. The molecule has 0 unspecified atom stereocenters. The lowest BCUT2D eigenvalue weighted by Crippen LogP contribution is -2.49. The number of anilines is 3. The first kappa shape index (κ1) is 19.6. The Morgan fingerprint density at radius 2 is 1.52 bits per heavy atom. The number of rotatable bonds is 6. The molecule has 0 aliphatic carbocycles. The van der Waals surface area contributed by atoms with Gasteiger partial charge in [0, 0.05) is 59.4 Å². The van der Waals surface area contributed by atoms with Gasteiger partial charge in [-0.25, -0.2) is 0 Å². The van der Waals surface area contributed by atoms with Gasteiger partial charge in [0.25, 0.3) is 0 Å². The van der Waals surface area contributed by atoms with Crippen molar-refractivity contribution in [3.63, 3.8) is 0 Å².